The van der Waals surface area contributed by atoms with Crippen LogP contribution < -0.4 is 4.90 Å². The van der Waals surface area contributed by atoms with E-state index in [9.17, 15) is 4.79 Å². The van der Waals surface area contributed by atoms with Crippen molar-refractivity contribution < 1.29 is 4.79 Å². The van der Waals surface area contributed by atoms with E-state index < -0.39 is 0 Å². The summed E-state index contributed by atoms with van der Waals surface area (Å²) >= 11 is 0. The van der Waals surface area contributed by atoms with Crippen molar-refractivity contribution in [1.82, 2.24) is 24.4 Å². The first-order chi connectivity index (χ1) is 13.2. The fourth-order valence-electron chi connectivity index (χ4n) is 4.17. The minimum absolute atomic E-state index is 0.0630. The van der Waals surface area contributed by atoms with Crippen LogP contribution in [0.15, 0.2) is 24.9 Å². The van der Waals surface area contributed by atoms with Crippen molar-refractivity contribution in [2.75, 3.05) is 31.1 Å². The van der Waals surface area contributed by atoms with Gasteiger partial charge >= 0.3 is 0 Å². The van der Waals surface area contributed by atoms with Gasteiger partial charge in [-0.2, -0.15) is 0 Å². The molecule has 1 unspecified atom stereocenters. The van der Waals surface area contributed by atoms with Gasteiger partial charge in [0.2, 0.25) is 5.95 Å². The standard InChI is InChI=1S/C20H28N6O/c1-16-18(12-22-20(23-16)25-8-3-2-4-9-25)19(27)26-10-5-6-17(14-26)13-24-11-7-21-15-24/h7,11-12,15,17H,2-6,8-10,13-14H2,1H3. The lowest BCUT2D eigenvalue weighted by molar-refractivity contribution is 0.0660. The van der Waals surface area contributed by atoms with Crippen LogP contribution in [0.25, 0.3) is 0 Å². The highest BCUT2D eigenvalue weighted by molar-refractivity contribution is 5.95. The van der Waals surface area contributed by atoms with Crippen LogP contribution >= 0.6 is 0 Å². The Bertz CT molecular complexity index is 769. The molecule has 2 aliphatic heterocycles. The van der Waals surface area contributed by atoms with Crippen molar-refractivity contribution in [1.29, 1.82) is 0 Å². The maximum atomic E-state index is 13.1. The zero-order valence-electron chi connectivity index (χ0n) is 16.0. The fraction of sp³-hybridized carbons (Fsp3) is 0.600. The number of amides is 1. The number of aromatic nitrogens is 4. The van der Waals surface area contributed by atoms with Crippen LogP contribution in [0.2, 0.25) is 0 Å². The lowest BCUT2D eigenvalue weighted by Crippen LogP contribution is -2.41. The predicted octanol–water partition coefficient (Wildman–Crippen LogP) is 2.52. The Kier molecular flexibility index (Phi) is 5.36. The van der Waals surface area contributed by atoms with Crippen LogP contribution in [0.5, 0.6) is 0 Å². The average molecular weight is 368 g/mol. The van der Waals surface area contributed by atoms with Gasteiger partial charge in [0.25, 0.3) is 5.91 Å². The SMILES string of the molecule is Cc1nc(N2CCCCC2)ncc1C(=O)N1CCCC(Cn2ccnc2)C1. The van der Waals surface area contributed by atoms with Crippen molar-refractivity contribution in [3.05, 3.63) is 36.2 Å². The molecule has 2 aromatic heterocycles. The molecule has 2 aliphatic rings. The zero-order valence-corrected chi connectivity index (χ0v) is 16.0. The van der Waals surface area contributed by atoms with Crippen molar-refractivity contribution in [3.8, 4) is 0 Å². The van der Waals surface area contributed by atoms with Crippen molar-refractivity contribution >= 4 is 11.9 Å². The smallest absolute Gasteiger partial charge is 0.257 e. The molecule has 0 radical (unpaired) electrons. The Morgan fingerprint density at radius 1 is 1.19 bits per heavy atom. The summed E-state index contributed by atoms with van der Waals surface area (Å²) in [6.45, 7) is 6.45. The Morgan fingerprint density at radius 2 is 2.04 bits per heavy atom. The molecule has 2 aromatic rings. The molecule has 4 rings (SSSR count). The van der Waals surface area contributed by atoms with Crippen LogP contribution in [0.1, 0.15) is 48.2 Å². The molecule has 2 saturated heterocycles. The van der Waals surface area contributed by atoms with E-state index in [0.29, 0.717) is 11.5 Å². The lowest BCUT2D eigenvalue weighted by Gasteiger charge is -2.33. The molecule has 0 spiro atoms. The number of anilines is 1. The molecule has 2 fully saturated rings. The Labute approximate surface area is 160 Å². The normalized spacial score (nSPS) is 20.7. The van der Waals surface area contributed by atoms with Gasteiger partial charge in [-0.05, 0) is 44.9 Å². The molecule has 0 N–H and O–H groups in total. The van der Waals surface area contributed by atoms with Crippen LogP contribution in [-0.4, -0.2) is 56.5 Å². The summed E-state index contributed by atoms with van der Waals surface area (Å²) in [5.41, 5.74) is 1.42. The summed E-state index contributed by atoms with van der Waals surface area (Å²) in [6.07, 6.45) is 13.2. The highest BCUT2D eigenvalue weighted by Crippen LogP contribution is 2.22. The highest BCUT2D eigenvalue weighted by Gasteiger charge is 2.26. The minimum Gasteiger partial charge on any atom is -0.341 e. The number of aryl methyl sites for hydroxylation is 1. The van der Waals surface area contributed by atoms with Gasteiger partial charge in [-0.15, -0.1) is 0 Å². The average Bonchev–Trinajstić information content (AvgIpc) is 3.21. The third-order valence-corrected chi connectivity index (χ3v) is 5.67. The van der Waals surface area contributed by atoms with E-state index in [4.69, 9.17) is 0 Å². The Morgan fingerprint density at radius 3 is 2.78 bits per heavy atom. The molecule has 1 amide bonds. The van der Waals surface area contributed by atoms with Gasteiger partial charge < -0.3 is 14.4 Å². The second kappa shape index (κ2) is 8.06. The lowest BCUT2D eigenvalue weighted by atomic mass is 9.97. The van der Waals surface area contributed by atoms with E-state index in [1.54, 1.807) is 12.4 Å². The van der Waals surface area contributed by atoms with Gasteiger partial charge in [-0.1, -0.05) is 0 Å². The van der Waals surface area contributed by atoms with Crippen LogP contribution in [-0.2, 0) is 6.54 Å². The van der Waals surface area contributed by atoms with Crippen LogP contribution in [0.4, 0.5) is 5.95 Å². The molecular formula is C20H28N6O. The van der Waals surface area contributed by atoms with Crippen molar-refractivity contribution in [2.24, 2.45) is 5.92 Å². The van der Waals surface area contributed by atoms with Gasteiger partial charge in [0.15, 0.2) is 0 Å². The summed E-state index contributed by atoms with van der Waals surface area (Å²) in [6, 6.07) is 0. The van der Waals surface area contributed by atoms with Crippen molar-refractivity contribution in [2.45, 2.75) is 45.6 Å². The van der Waals surface area contributed by atoms with Gasteiger partial charge in [-0.25, -0.2) is 15.0 Å². The number of hydrogen-bond acceptors (Lipinski definition) is 5. The summed E-state index contributed by atoms with van der Waals surface area (Å²) in [5.74, 6) is 1.29. The summed E-state index contributed by atoms with van der Waals surface area (Å²) in [5, 5.41) is 0. The first-order valence-corrected chi connectivity index (χ1v) is 10.0. The molecule has 7 heteroatoms. The number of rotatable bonds is 4. The monoisotopic (exact) mass is 368 g/mol. The van der Waals surface area contributed by atoms with E-state index in [1.165, 1.54) is 19.3 Å². The van der Waals surface area contributed by atoms with Crippen LogP contribution in [0.3, 0.4) is 0 Å². The summed E-state index contributed by atoms with van der Waals surface area (Å²) in [7, 11) is 0. The van der Waals surface area contributed by atoms with E-state index in [0.717, 1.165) is 57.2 Å². The third-order valence-electron chi connectivity index (χ3n) is 5.67. The second-order valence-electron chi connectivity index (χ2n) is 7.74. The number of nitrogens with zero attached hydrogens (tertiary/aromatic N) is 6. The number of imidazole rings is 1. The number of carbonyl (C=O) groups is 1. The van der Waals surface area contributed by atoms with Crippen molar-refractivity contribution in [3.63, 3.8) is 0 Å². The maximum absolute atomic E-state index is 13.1. The first kappa shape index (κ1) is 17.9. The van der Waals surface area contributed by atoms with E-state index >= 15 is 0 Å². The van der Waals surface area contributed by atoms with Crippen LogP contribution in [0, 0.1) is 12.8 Å². The van der Waals surface area contributed by atoms with Gasteiger partial charge in [0.05, 0.1) is 17.6 Å². The van der Waals surface area contributed by atoms with E-state index in [1.807, 2.05) is 24.3 Å². The highest BCUT2D eigenvalue weighted by atomic mass is 16.2. The third kappa shape index (κ3) is 4.12. The molecule has 4 heterocycles. The molecule has 0 bridgehead atoms. The number of likely N-dealkylation sites (tertiary alicyclic amines) is 1. The zero-order chi connectivity index (χ0) is 18.6. The Hall–Kier alpha value is -2.44. The topological polar surface area (TPSA) is 67.2 Å². The van der Waals surface area contributed by atoms with Gasteiger partial charge in [0, 0.05) is 51.3 Å². The molecule has 27 heavy (non-hydrogen) atoms. The quantitative estimate of drug-likeness (QED) is 0.830. The minimum atomic E-state index is 0.0630. The van der Waals surface area contributed by atoms with Gasteiger partial charge in [-0.3, -0.25) is 4.79 Å². The first-order valence-electron chi connectivity index (χ1n) is 10.0. The number of piperidine rings is 2. The maximum Gasteiger partial charge on any atom is 0.257 e. The molecular weight excluding hydrogens is 340 g/mol. The molecule has 1 atom stereocenters. The number of carbonyl (C=O) groups excluding carboxylic acids is 1. The summed E-state index contributed by atoms with van der Waals surface area (Å²) < 4.78 is 2.10. The Balaban J connectivity index is 1.43. The van der Waals surface area contributed by atoms with E-state index in [-0.39, 0.29) is 5.91 Å². The molecule has 7 nitrogen and oxygen atoms in total. The number of hydrogen-bond donors (Lipinski definition) is 0. The molecule has 144 valence electrons. The fourth-order valence-corrected chi connectivity index (χ4v) is 4.17. The molecule has 0 saturated carbocycles. The largest absolute Gasteiger partial charge is 0.341 e. The van der Waals surface area contributed by atoms with Gasteiger partial charge in [0.1, 0.15) is 0 Å². The molecule has 0 aliphatic carbocycles. The summed E-state index contributed by atoms with van der Waals surface area (Å²) in [4.78, 5) is 30.5. The second-order valence-corrected chi connectivity index (χ2v) is 7.74. The predicted molar refractivity (Wildman–Crippen MR) is 104 cm³/mol. The van der Waals surface area contributed by atoms with E-state index in [2.05, 4.69) is 24.4 Å². The molecule has 0 aromatic carbocycles.